The van der Waals surface area contributed by atoms with Gasteiger partial charge in [0.25, 0.3) is 5.56 Å². The summed E-state index contributed by atoms with van der Waals surface area (Å²) < 4.78 is 2.69. The van der Waals surface area contributed by atoms with Crippen molar-refractivity contribution in [2.45, 2.75) is 26.2 Å². The van der Waals surface area contributed by atoms with Crippen LogP contribution in [-0.2, 0) is 19.5 Å². The second kappa shape index (κ2) is 3.57. The van der Waals surface area contributed by atoms with Crippen LogP contribution in [0.25, 0.3) is 10.2 Å². The third-order valence-electron chi connectivity index (χ3n) is 2.87. The highest BCUT2D eigenvalue weighted by molar-refractivity contribution is 7.18. The van der Waals surface area contributed by atoms with Crippen molar-refractivity contribution in [3.8, 4) is 0 Å². The van der Waals surface area contributed by atoms with Crippen molar-refractivity contribution in [1.82, 2.24) is 9.13 Å². The molecule has 0 radical (unpaired) electrons. The predicted molar refractivity (Wildman–Crippen MR) is 71.0 cm³/mol. The molecule has 2 heterocycles. The van der Waals surface area contributed by atoms with Crippen molar-refractivity contribution in [1.29, 1.82) is 0 Å². The lowest BCUT2D eigenvalue weighted by Crippen LogP contribution is -2.36. The maximum Gasteiger partial charge on any atom is 0.331 e. The van der Waals surface area contributed by atoms with Crippen LogP contribution in [0.5, 0.6) is 0 Å². The number of hydrogen-bond donors (Lipinski definition) is 0. The highest BCUT2D eigenvalue weighted by Gasteiger charge is 2.20. The van der Waals surface area contributed by atoms with Gasteiger partial charge in [-0.05, 0) is 11.5 Å². The van der Waals surface area contributed by atoms with E-state index in [9.17, 15) is 9.59 Å². The number of fused-ring (bicyclic) bond motifs is 1. The van der Waals surface area contributed by atoms with E-state index in [0.29, 0.717) is 5.39 Å². The summed E-state index contributed by atoms with van der Waals surface area (Å²) in [7, 11) is 3.21. The number of hydrogen-bond acceptors (Lipinski definition) is 3. The molecule has 0 spiro atoms. The zero-order valence-corrected chi connectivity index (χ0v) is 11.5. The van der Waals surface area contributed by atoms with Crippen LogP contribution in [0.4, 0.5) is 0 Å². The smallest absolute Gasteiger partial charge is 0.287 e. The van der Waals surface area contributed by atoms with Gasteiger partial charge < -0.3 is 0 Å². The Balaban J connectivity index is 2.97. The Morgan fingerprint density at radius 1 is 1.12 bits per heavy atom. The molecule has 0 amide bonds. The average molecular weight is 252 g/mol. The lowest BCUT2D eigenvalue weighted by Gasteiger charge is -2.14. The van der Waals surface area contributed by atoms with E-state index in [2.05, 4.69) is 20.8 Å². The molecule has 0 N–H and O–H groups in total. The van der Waals surface area contributed by atoms with Crippen molar-refractivity contribution < 1.29 is 0 Å². The molecule has 2 aromatic heterocycles. The summed E-state index contributed by atoms with van der Waals surface area (Å²) in [6, 6.07) is 1.90. The van der Waals surface area contributed by atoms with E-state index in [1.54, 1.807) is 7.05 Å². The maximum atomic E-state index is 12.0. The highest BCUT2D eigenvalue weighted by atomic mass is 32.1. The normalized spacial score (nSPS) is 12.3. The van der Waals surface area contributed by atoms with Crippen LogP contribution < -0.4 is 11.2 Å². The van der Waals surface area contributed by atoms with E-state index in [4.69, 9.17) is 0 Å². The fourth-order valence-corrected chi connectivity index (χ4v) is 2.90. The first-order valence-electron chi connectivity index (χ1n) is 5.43. The molecule has 0 aliphatic carbocycles. The second-order valence-electron chi connectivity index (χ2n) is 5.29. The molecule has 0 saturated heterocycles. The SMILES string of the molecule is Cn1c(=O)c2cc(C(C)(C)C)sc2n(C)c1=O. The fraction of sp³-hybridized carbons (Fsp3) is 0.500. The molecule has 0 bridgehead atoms. The summed E-state index contributed by atoms with van der Waals surface area (Å²) >= 11 is 1.52. The third kappa shape index (κ3) is 1.74. The van der Waals surface area contributed by atoms with Gasteiger partial charge in [0.05, 0.1) is 5.39 Å². The van der Waals surface area contributed by atoms with E-state index >= 15 is 0 Å². The summed E-state index contributed by atoms with van der Waals surface area (Å²) in [4.78, 5) is 25.7. The number of aryl methyl sites for hydroxylation is 1. The quantitative estimate of drug-likeness (QED) is 0.715. The van der Waals surface area contributed by atoms with Gasteiger partial charge in [-0.3, -0.25) is 13.9 Å². The first-order chi connectivity index (χ1) is 7.73. The maximum absolute atomic E-state index is 12.0. The number of thiophene rings is 1. The van der Waals surface area contributed by atoms with Gasteiger partial charge in [0.2, 0.25) is 0 Å². The molecule has 0 unspecified atom stereocenters. The van der Waals surface area contributed by atoms with Crippen LogP contribution in [-0.4, -0.2) is 9.13 Å². The number of rotatable bonds is 0. The van der Waals surface area contributed by atoms with Crippen LogP contribution in [0.2, 0.25) is 0 Å². The summed E-state index contributed by atoms with van der Waals surface area (Å²) in [6.07, 6.45) is 0. The molecular formula is C12H16N2O2S. The van der Waals surface area contributed by atoms with Gasteiger partial charge in [-0.15, -0.1) is 11.3 Å². The first-order valence-corrected chi connectivity index (χ1v) is 6.25. The van der Waals surface area contributed by atoms with Gasteiger partial charge >= 0.3 is 5.69 Å². The van der Waals surface area contributed by atoms with Crippen LogP contribution in [0.15, 0.2) is 15.7 Å². The minimum Gasteiger partial charge on any atom is -0.287 e. The summed E-state index contributed by atoms with van der Waals surface area (Å²) in [5.41, 5.74) is -0.496. The lowest BCUT2D eigenvalue weighted by atomic mass is 9.94. The monoisotopic (exact) mass is 252 g/mol. The Labute approximate surface area is 103 Å². The molecule has 92 valence electrons. The van der Waals surface area contributed by atoms with E-state index in [1.165, 1.54) is 23.0 Å². The number of nitrogens with zero attached hydrogens (tertiary/aromatic N) is 2. The topological polar surface area (TPSA) is 44.0 Å². The zero-order chi connectivity index (χ0) is 13.0. The standard InChI is InChI=1S/C12H16N2O2S/c1-12(2,3)8-6-7-9(15)13(4)11(16)14(5)10(7)17-8/h6H,1-5H3. The van der Waals surface area contributed by atoms with E-state index in [0.717, 1.165) is 14.3 Å². The van der Waals surface area contributed by atoms with E-state index in [1.807, 2.05) is 6.07 Å². The summed E-state index contributed by atoms with van der Waals surface area (Å²) in [5.74, 6) is 0. The van der Waals surface area contributed by atoms with Crippen molar-refractivity contribution >= 4 is 21.6 Å². The van der Waals surface area contributed by atoms with Crippen molar-refractivity contribution in [3.63, 3.8) is 0 Å². The molecule has 0 aromatic carbocycles. The Bertz CT molecular complexity index is 698. The first kappa shape index (κ1) is 12.1. The zero-order valence-electron chi connectivity index (χ0n) is 10.7. The highest BCUT2D eigenvalue weighted by Crippen LogP contribution is 2.31. The Kier molecular flexibility index (Phi) is 2.54. The molecule has 0 saturated carbocycles. The Morgan fingerprint density at radius 2 is 1.71 bits per heavy atom. The fourth-order valence-electron chi connectivity index (χ4n) is 1.73. The lowest BCUT2D eigenvalue weighted by molar-refractivity contribution is 0.604. The second-order valence-corrected chi connectivity index (χ2v) is 6.32. The Morgan fingerprint density at radius 3 is 2.24 bits per heavy atom. The molecule has 17 heavy (non-hydrogen) atoms. The van der Waals surface area contributed by atoms with E-state index in [-0.39, 0.29) is 16.7 Å². The van der Waals surface area contributed by atoms with Gasteiger partial charge in [0, 0.05) is 19.0 Å². The molecule has 0 aliphatic heterocycles. The molecule has 5 heteroatoms. The largest absolute Gasteiger partial charge is 0.331 e. The molecule has 4 nitrogen and oxygen atoms in total. The van der Waals surface area contributed by atoms with Crippen LogP contribution >= 0.6 is 11.3 Å². The van der Waals surface area contributed by atoms with Crippen LogP contribution in [0, 0.1) is 0 Å². The van der Waals surface area contributed by atoms with Gasteiger partial charge in [0.15, 0.2) is 0 Å². The van der Waals surface area contributed by atoms with Gasteiger partial charge in [0.1, 0.15) is 4.83 Å². The van der Waals surface area contributed by atoms with Gasteiger partial charge in [-0.25, -0.2) is 4.79 Å². The third-order valence-corrected chi connectivity index (χ3v) is 4.50. The van der Waals surface area contributed by atoms with Gasteiger partial charge in [-0.2, -0.15) is 0 Å². The predicted octanol–water partition coefficient (Wildman–Crippen LogP) is 1.60. The Hall–Kier alpha value is -1.36. The summed E-state index contributed by atoms with van der Waals surface area (Å²) in [6.45, 7) is 6.29. The molecular weight excluding hydrogens is 236 g/mol. The van der Waals surface area contributed by atoms with E-state index < -0.39 is 0 Å². The van der Waals surface area contributed by atoms with Crippen molar-refractivity contribution in [3.05, 3.63) is 31.8 Å². The van der Waals surface area contributed by atoms with Crippen LogP contribution in [0.3, 0.4) is 0 Å². The van der Waals surface area contributed by atoms with Crippen molar-refractivity contribution in [2.75, 3.05) is 0 Å². The molecule has 0 aliphatic rings. The number of aromatic nitrogens is 2. The van der Waals surface area contributed by atoms with Crippen LogP contribution in [0.1, 0.15) is 25.6 Å². The molecule has 2 aromatic rings. The minimum atomic E-state index is -0.273. The summed E-state index contributed by atoms with van der Waals surface area (Å²) in [5, 5.41) is 0.629. The molecule has 0 atom stereocenters. The van der Waals surface area contributed by atoms with Gasteiger partial charge in [-0.1, -0.05) is 20.8 Å². The van der Waals surface area contributed by atoms with Crippen molar-refractivity contribution in [2.24, 2.45) is 14.1 Å². The molecule has 2 rings (SSSR count). The molecule has 0 fully saturated rings. The average Bonchev–Trinajstić information content (AvgIpc) is 2.67. The minimum absolute atomic E-state index is 0.00918.